The topological polar surface area (TPSA) is 79.8 Å². The molecule has 1 amide bonds. The predicted octanol–water partition coefficient (Wildman–Crippen LogP) is 1.38. The molecule has 0 unspecified atom stereocenters. The summed E-state index contributed by atoms with van der Waals surface area (Å²) in [6.45, 7) is 8.34. The van der Waals surface area contributed by atoms with E-state index in [-0.39, 0.29) is 22.9 Å². The van der Waals surface area contributed by atoms with Gasteiger partial charge in [-0.05, 0) is 27.2 Å². The van der Waals surface area contributed by atoms with Gasteiger partial charge in [-0.25, -0.2) is 9.89 Å². The van der Waals surface area contributed by atoms with E-state index in [1.807, 2.05) is 20.8 Å². The highest BCUT2D eigenvalue weighted by atomic mass is 32.2. The first-order valence-corrected chi connectivity index (χ1v) is 7.45. The number of rotatable bonds is 7. The standard InChI is InChI=1S/C12H22N4O2S/c1-5-6-7-16-11(18)14-15-12(16)19-9(4)10(17)13-8(2)3/h8-9H,5-7H2,1-4H3,(H,13,17)(H,14,18)/t9-/m1/s1. The SMILES string of the molecule is CCCCn1c(S[C@H](C)C(=O)NC(C)C)n[nH]c1=O. The zero-order chi connectivity index (χ0) is 14.4. The van der Waals surface area contributed by atoms with Crippen molar-refractivity contribution in [2.45, 2.75) is 63.5 Å². The number of carbonyl (C=O) groups is 1. The minimum absolute atomic E-state index is 0.0440. The van der Waals surface area contributed by atoms with Gasteiger partial charge in [0, 0.05) is 12.6 Å². The Bertz CT molecular complexity index is 467. The molecule has 0 saturated heterocycles. The Balaban J connectivity index is 2.71. The van der Waals surface area contributed by atoms with Gasteiger partial charge in [0.25, 0.3) is 0 Å². The first-order chi connectivity index (χ1) is 8.95. The van der Waals surface area contributed by atoms with Crippen LogP contribution in [0.5, 0.6) is 0 Å². The number of carbonyl (C=O) groups excluding carboxylic acids is 1. The number of hydrogen-bond acceptors (Lipinski definition) is 4. The van der Waals surface area contributed by atoms with Gasteiger partial charge in [0.1, 0.15) is 0 Å². The Hall–Kier alpha value is -1.24. The Morgan fingerprint density at radius 2 is 2.16 bits per heavy atom. The van der Waals surface area contributed by atoms with Gasteiger partial charge in [0.15, 0.2) is 5.16 Å². The van der Waals surface area contributed by atoms with Crippen molar-refractivity contribution < 1.29 is 4.79 Å². The minimum Gasteiger partial charge on any atom is -0.353 e. The van der Waals surface area contributed by atoms with Gasteiger partial charge in [-0.3, -0.25) is 9.36 Å². The molecule has 7 heteroatoms. The summed E-state index contributed by atoms with van der Waals surface area (Å²) in [5, 5.41) is 9.56. The van der Waals surface area contributed by atoms with Crippen LogP contribution in [0.4, 0.5) is 0 Å². The summed E-state index contributed by atoms with van der Waals surface area (Å²) < 4.78 is 1.59. The maximum absolute atomic E-state index is 11.8. The fraction of sp³-hybridized carbons (Fsp3) is 0.750. The van der Waals surface area contributed by atoms with Gasteiger partial charge in [0.05, 0.1) is 5.25 Å². The second-order valence-corrected chi connectivity index (χ2v) is 6.05. The molecule has 1 heterocycles. The number of thioether (sulfide) groups is 1. The lowest BCUT2D eigenvalue weighted by atomic mass is 10.3. The second-order valence-electron chi connectivity index (χ2n) is 4.74. The van der Waals surface area contributed by atoms with Crippen molar-refractivity contribution >= 4 is 17.7 Å². The molecule has 0 aliphatic heterocycles. The van der Waals surface area contributed by atoms with E-state index in [4.69, 9.17) is 0 Å². The summed E-state index contributed by atoms with van der Waals surface area (Å²) in [5.74, 6) is -0.0440. The van der Waals surface area contributed by atoms with Crippen LogP contribution in [0.3, 0.4) is 0 Å². The van der Waals surface area contributed by atoms with Crippen LogP contribution in [0.15, 0.2) is 9.95 Å². The Labute approximate surface area is 117 Å². The molecule has 19 heavy (non-hydrogen) atoms. The smallest absolute Gasteiger partial charge is 0.343 e. The van der Waals surface area contributed by atoms with Gasteiger partial charge >= 0.3 is 5.69 Å². The molecule has 0 radical (unpaired) electrons. The molecule has 2 N–H and O–H groups in total. The zero-order valence-electron chi connectivity index (χ0n) is 11.9. The third-order valence-electron chi connectivity index (χ3n) is 2.54. The maximum atomic E-state index is 11.8. The van der Waals surface area contributed by atoms with Crippen LogP contribution in [-0.4, -0.2) is 32.0 Å². The molecule has 1 rings (SSSR count). The third kappa shape index (κ3) is 4.74. The normalized spacial score (nSPS) is 12.7. The van der Waals surface area contributed by atoms with Crippen LogP contribution in [0, 0.1) is 0 Å². The predicted molar refractivity (Wildman–Crippen MR) is 76.4 cm³/mol. The quantitative estimate of drug-likeness (QED) is 0.742. The Morgan fingerprint density at radius 3 is 2.74 bits per heavy atom. The number of unbranched alkanes of at least 4 members (excludes halogenated alkanes) is 1. The van der Waals surface area contributed by atoms with E-state index in [9.17, 15) is 9.59 Å². The number of hydrogen-bond donors (Lipinski definition) is 2. The summed E-state index contributed by atoms with van der Waals surface area (Å²) in [4.78, 5) is 23.4. The monoisotopic (exact) mass is 286 g/mol. The van der Waals surface area contributed by atoms with Crippen LogP contribution >= 0.6 is 11.8 Å². The van der Waals surface area contributed by atoms with Crippen LogP contribution in [0.1, 0.15) is 40.5 Å². The molecule has 0 bridgehead atoms. The van der Waals surface area contributed by atoms with Crippen LogP contribution in [0.25, 0.3) is 0 Å². The van der Waals surface area contributed by atoms with Crippen LogP contribution < -0.4 is 11.0 Å². The largest absolute Gasteiger partial charge is 0.353 e. The lowest BCUT2D eigenvalue weighted by Crippen LogP contribution is -2.36. The highest BCUT2D eigenvalue weighted by Gasteiger charge is 2.19. The molecule has 0 aromatic carbocycles. The van der Waals surface area contributed by atoms with Crippen LogP contribution in [-0.2, 0) is 11.3 Å². The maximum Gasteiger partial charge on any atom is 0.343 e. The van der Waals surface area contributed by atoms with Crippen LogP contribution in [0.2, 0.25) is 0 Å². The molecule has 0 fully saturated rings. The van der Waals surface area contributed by atoms with Gasteiger partial charge in [-0.15, -0.1) is 5.10 Å². The average Bonchev–Trinajstić information content (AvgIpc) is 2.67. The van der Waals surface area contributed by atoms with E-state index in [1.54, 1.807) is 4.57 Å². The summed E-state index contributed by atoms with van der Waals surface area (Å²) in [5.41, 5.74) is -0.215. The summed E-state index contributed by atoms with van der Waals surface area (Å²) in [7, 11) is 0. The number of aromatic nitrogens is 3. The van der Waals surface area contributed by atoms with E-state index >= 15 is 0 Å². The van der Waals surface area contributed by atoms with Crippen molar-refractivity contribution in [3.8, 4) is 0 Å². The number of nitrogens with zero attached hydrogens (tertiary/aromatic N) is 2. The molecule has 0 aliphatic rings. The molecule has 0 spiro atoms. The fourth-order valence-corrected chi connectivity index (χ4v) is 2.41. The molecule has 0 saturated carbocycles. The minimum atomic E-state index is -0.280. The van der Waals surface area contributed by atoms with Gasteiger partial charge in [0.2, 0.25) is 5.91 Å². The van der Waals surface area contributed by atoms with Crippen molar-refractivity contribution in [3.05, 3.63) is 10.5 Å². The number of aromatic amines is 1. The number of H-pyrrole nitrogens is 1. The van der Waals surface area contributed by atoms with E-state index in [0.29, 0.717) is 11.7 Å². The second kappa shape index (κ2) is 7.37. The fourth-order valence-electron chi connectivity index (χ4n) is 1.52. The van der Waals surface area contributed by atoms with Crippen molar-refractivity contribution in [2.75, 3.05) is 0 Å². The first kappa shape index (κ1) is 15.8. The zero-order valence-corrected chi connectivity index (χ0v) is 12.7. The van der Waals surface area contributed by atoms with Crippen molar-refractivity contribution in [1.82, 2.24) is 20.1 Å². The molecular weight excluding hydrogens is 264 g/mol. The molecule has 1 aromatic heterocycles. The average molecular weight is 286 g/mol. The molecule has 1 atom stereocenters. The molecule has 108 valence electrons. The highest BCUT2D eigenvalue weighted by molar-refractivity contribution is 8.00. The molecule has 6 nitrogen and oxygen atoms in total. The van der Waals surface area contributed by atoms with E-state index in [0.717, 1.165) is 12.8 Å². The van der Waals surface area contributed by atoms with Gasteiger partial charge in [-0.1, -0.05) is 25.1 Å². The lowest BCUT2D eigenvalue weighted by Gasteiger charge is -2.13. The third-order valence-corrected chi connectivity index (χ3v) is 3.63. The van der Waals surface area contributed by atoms with Gasteiger partial charge in [-0.2, -0.15) is 0 Å². The van der Waals surface area contributed by atoms with E-state index < -0.39 is 0 Å². The van der Waals surface area contributed by atoms with Crippen molar-refractivity contribution in [2.24, 2.45) is 0 Å². The van der Waals surface area contributed by atoms with Gasteiger partial charge < -0.3 is 5.32 Å². The molecular formula is C12H22N4O2S. The highest BCUT2D eigenvalue weighted by Crippen LogP contribution is 2.20. The van der Waals surface area contributed by atoms with E-state index in [2.05, 4.69) is 22.4 Å². The first-order valence-electron chi connectivity index (χ1n) is 6.58. The summed E-state index contributed by atoms with van der Waals surface area (Å²) in [6, 6.07) is 0.108. The molecule has 0 aliphatic carbocycles. The molecule has 1 aromatic rings. The van der Waals surface area contributed by atoms with Crippen molar-refractivity contribution in [1.29, 1.82) is 0 Å². The summed E-state index contributed by atoms with van der Waals surface area (Å²) >= 11 is 1.30. The van der Waals surface area contributed by atoms with E-state index in [1.165, 1.54) is 11.8 Å². The lowest BCUT2D eigenvalue weighted by molar-refractivity contribution is -0.120. The summed E-state index contributed by atoms with van der Waals surface area (Å²) in [6.07, 6.45) is 1.92. The van der Waals surface area contributed by atoms with Crippen molar-refractivity contribution in [3.63, 3.8) is 0 Å². The Kier molecular flexibility index (Phi) is 6.14. The number of nitrogens with one attached hydrogen (secondary N) is 2. The number of amides is 1. The Morgan fingerprint density at radius 1 is 1.47 bits per heavy atom.